The Labute approximate surface area is 140 Å². The van der Waals surface area contributed by atoms with Crippen molar-refractivity contribution in [2.24, 2.45) is 11.3 Å². The quantitative estimate of drug-likeness (QED) is 0.829. The zero-order chi connectivity index (χ0) is 17.5. The number of aliphatic hydroxyl groups is 1. The Morgan fingerprint density at radius 1 is 1.04 bits per heavy atom. The largest absolute Gasteiger partial charge is 0.396 e. The van der Waals surface area contributed by atoms with Crippen LogP contribution in [-0.4, -0.2) is 52.1 Å². The summed E-state index contributed by atoms with van der Waals surface area (Å²) < 4.78 is 12.7. The molecule has 0 bridgehead atoms. The molecule has 2 fully saturated rings. The Morgan fingerprint density at radius 3 is 2.00 bits per heavy atom. The molecule has 2 saturated heterocycles. The van der Waals surface area contributed by atoms with Gasteiger partial charge in [0.1, 0.15) is 0 Å². The summed E-state index contributed by atoms with van der Waals surface area (Å²) in [4.78, 5) is 0. The maximum atomic E-state index is 10.9. The number of ether oxygens (including phenoxy) is 2. The molecule has 0 saturated carbocycles. The molecule has 0 radical (unpaired) electrons. The smallest absolute Gasteiger partial charge is 0.174 e. The molecule has 0 aromatic rings. The molecule has 23 heavy (non-hydrogen) atoms. The van der Waals surface area contributed by atoms with Crippen LogP contribution in [0.2, 0.25) is 0 Å². The van der Waals surface area contributed by atoms with E-state index in [-0.39, 0.29) is 23.5 Å². The fourth-order valence-electron chi connectivity index (χ4n) is 4.16. The number of hydrogen-bond donors (Lipinski definition) is 2. The van der Waals surface area contributed by atoms with Gasteiger partial charge in [0.05, 0.1) is 25.4 Å². The predicted octanol–water partition coefficient (Wildman–Crippen LogP) is 3.19. The van der Waals surface area contributed by atoms with Crippen LogP contribution in [0.3, 0.4) is 0 Å². The number of hydroxylamine groups is 2. The first-order valence-corrected chi connectivity index (χ1v) is 9.05. The van der Waals surface area contributed by atoms with E-state index in [0.717, 1.165) is 19.3 Å². The molecule has 1 spiro atoms. The van der Waals surface area contributed by atoms with Gasteiger partial charge in [0.25, 0.3) is 0 Å². The third-order valence-corrected chi connectivity index (χ3v) is 7.02. The first-order valence-electron chi connectivity index (χ1n) is 9.05. The molecule has 0 amide bonds. The van der Waals surface area contributed by atoms with Crippen LogP contribution in [-0.2, 0) is 9.47 Å². The third-order valence-electron chi connectivity index (χ3n) is 7.02. The topological polar surface area (TPSA) is 62.2 Å². The maximum Gasteiger partial charge on any atom is 0.174 e. The van der Waals surface area contributed by atoms with E-state index in [9.17, 15) is 10.3 Å². The average Bonchev–Trinajstić information content (AvgIpc) is 2.59. The molecule has 2 aliphatic rings. The second-order valence-corrected chi connectivity index (χ2v) is 8.17. The number of piperidine rings is 1. The summed E-state index contributed by atoms with van der Waals surface area (Å²) in [6.07, 6.45) is 3.10. The van der Waals surface area contributed by atoms with E-state index in [0.29, 0.717) is 19.6 Å². The summed E-state index contributed by atoms with van der Waals surface area (Å²) in [7, 11) is 0. The summed E-state index contributed by atoms with van der Waals surface area (Å²) in [5.41, 5.74) is -1.09. The van der Waals surface area contributed by atoms with Crippen LogP contribution in [0.5, 0.6) is 0 Å². The molecule has 5 heteroatoms. The van der Waals surface area contributed by atoms with Crippen molar-refractivity contribution < 1.29 is 19.8 Å². The molecule has 5 nitrogen and oxygen atoms in total. The minimum absolute atomic E-state index is 0.0261. The monoisotopic (exact) mass is 329 g/mol. The molecule has 2 rings (SSSR count). The van der Waals surface area contributed by atoms with E-state index in [1.165, 1.54) is 0 Å². The first kappa shape index (κ1) is 19.1. The van der Waals surface area contributed by atoms with E-state index in [4.69, 9.17) is 9.47 Å². The van der Waals surface area contributed by atoms with Crippen molar-refractivity contribution in [2.45, 2.75) is 84.1 Å². The van der Waals surface area contributed by atoms with Gasteiger partial charge in [0.2, 0.25) is 0 Å². The number of aliphatic hydroxyl groups excluding tert-OH is 1. The van der Waals surface area contributed by atoms with E-state index in [2.05, 4.69) is 41.5 Å². The van der Waals surface area contributed by atoms with Crippen LogP contribution >= 0.6 is 0 Å². The van der Waals surface area contributed by atoms with Crippen LogP contribution in [0.15, 0.2) is 0 Å². The van der Waals surface area contributed by atoms with Gasteiger partial charge in [0, 0.05) is 23.3 Å². The van der Waals surface area contributed by atoms with E-state index >= 15 is 0 Å². The molecule has 2 heterocycles. The fraction of sp³-hybridized carbons (Fsp3) is 1.00. The Morgan fingerprint density at radius 2 is 1.61 bits per heavy atom. The normalized spacial score (nSPS) is 48.8. The van der Waals surface area contributed by atoms with E-state index in [1.54, 1.807) is 5.06 Å². The zero-order valence-electron chi connectivity index (χ0n) is 15.7. The molecule has 3 atom stereocenters. The molecular weight excluding hydrogens is 294 g/mol. The lowest BCUT2D eigenvalue weighted by molar-refractivity contribution is -0.403. The second-order valence-electron chi connectivity index (χ2n) is 8.17. The van der Waals surface area contributed by atoms with Gasteiger partial charge in [-0.2, -0.15) is 5.06 Å². The van der Waals surface area contributed by atoms with Gasteiger partial charge in [-0.3, -0.25) is 0 Å². The molecule has 0 aromatic carbocycles. The number of hydrogen-bond acceptors (Lipinski definition) is 5. The summed E-state index contributed by atoms with van der Waals surface area (Å²) in [5.74, 6) is -0.666. The molecule has 2 N–H and O–H groups in total. The summed E-state index contributed by atoms with van der Waals surface area (Å²) >= 11 is 0. The molecule has 3 unspecified atom stereocenters. The second kappa shape index (κ2) is 6.26. The standard InChI is InChI=1S/C18H35NO4/c1-7-15(5)10-18(14(4)16(6,8-2)19(15)21)22-12-17(9-3,11-20)13-23-18/h14,20-21H,7-13H2,1-6H3. The summed E-state index contributed by atoms with van der Waals surface area (Å²) in [6, 6.07) is 0. The molecule has 0 aliphatic carbocycles. The van der Waals surface area contributed by atoms with Crippen LogP contribution in [0.25, 0.3) is 0 Å². The van der Waals surface area contributed by atoms with E-state index < -0.39 is 11.3 Å². The SMILES string of the molecule is CCC1(CO)COC2(CC(C)(CC)N(O)C(C)(CC)C2C)OC1. The van der Waals surface area contributed by atoms with Gasteiger partial charge in [-0.1, -0.05) is 27.7 Å². The highest BCUT2D eigenvalue weighted by atomic mass is 16.7. The highest BCUT2D eigenvalue weighted by molar-refractivity contribution is 5.08. The van der Waals surface area contributed by atoms with Crippen molar-refractivity contribution in [3.05, 3.63) is 0 Å². The minimum atomic E-state index is -0.692. The molecule has 0 aromatic heterocycles. The lowest BCUT2D eigenvalue weighted by atomic mass is 9.67. The van der Waals surface area contributed by atoms with Gasteiger partial charge in [-0.05, 0) is 33.1 Å². The Bertz CT molecular complexity index is 415. The fourth-order valence-corrected chi connectivity index (χ4v) is 4.16. The highest BCUT2D eigenvalue weighted by Crippen LogP contribution is 2.53. The number of nitrogens with zero attached hydrogens (tertiary/aromatic N) is 1. The first-order chi connectivity index (χ1) is 10.7. The van der Waals surface area contributed by atoms with Crippen molar-refractivity contribution in [3.63, 3.8) is 0 Å². The maximum absolute atomic E-state index is 10.9. The van der Waals surface area contributed by atoms with Gasteiger partial charge in [-0.15, -0.1) is 0 Å². The van der Waals surface area contributed by atoms with Crippen LogP contribution in [0.1, 0.15) is 67.2 Å². The van der Waals surface area contributed by atoms with Crippen molar-refractivity contribution in [3.8, 4) is 0 Å². The molecular formula is C18H35NO4. The summed E-state index contributed by atoms with van der Waals surface area (Å²) in [6.45, 7) is 13.6. The van der Waals surface area contributed by atoms with Gasteiger partial charge in [-0.25, -0.2) is 0 Å². The Kier molecular flexibility index (Phi) is 5.21. The minimum Gasteiger partial charge on any atom is -0.396 e. The predicted molar refractivity (Wildman–Crippen MR) is 89.2 cm³/mol. The average molecular weight is 329 g/mol. The van der Waals surface area contributed by atoms with Crippen molar-refractivity contribution in [1.29, 1.82) is 0 Å². The van der Waals surface area contributed by atoms with Crippen molar-refractivity contribution in [1.82, 2.24) is 5.06 Å². The molecule has 136 valence electrons. The Hall–Kier alpha value is -0.200. The lowest BCUT2D eigenvalue weighted by Gasteiger charge is -2.63. The third kappa shape index (κ3) is 2.74. The Balaban J connectivity index is 2.35. The highest BCUT2D eigenvalue weighted by Gasteiger charge is 2.62. The number of rotatable bonds is 4. The van der Waals surface area contributed by atoms with Gasteiger partial charge >= 0.3 is 0 Å². The summed E-state index contributed by atoms with van der Waals surface area (Å²) in [5, 5.41) is 22.2. The van der Waals surface area contributed by atoms with Crippen LogP contribution < -0.4 is 0 Å². The van der Waals surface area contributed by atoms with Gasteiger partial charge in [0.15, 0.2) is 5.79 Å². The molecule has 2 aliphatic heterocycles. The van der Waals surface area contributed by atoms with Crippen LogP contribution in [0, 0.1) is 11.3 Å². The van der Waals surface area contributed by atoms with Crippen LogP contribution in [0.4, 0.5) is 0 Å². The van der Waals surface area contributed by atoms with Crippen molar-refractivity contribution in [2.75, 3.05) is 19.8 Å². The lowest BCUT2D eigenvalue weighted by Crippen LogP contribution is -2.73. The van der Waals surface area contributed by atoms with E-state index in [1.807, 2.05) is 0 Å². The van der Waals surface area contributed by atoms with Gasteiger partial charge < -0.3 is 19.8 Å². The van der Waals surface area contributed by atoms with Crippen molar-refractivity contribution >= 4 is 0 Å². The zero-order valence-corrected chi connectivity index (χ0v) is 15.7.